The molecule has 1 saturated heterocycles. The Morgan fingerprint density at radius 2 is 1.92 bits per heavy atom. The molecule has 3 aromatic rings. The monoisotopic (exact) mass is 334 g/mol. The van der Waals surface area contributed by atoms with Crippen molar-refractivity contribution in [2.45, 2.75) is 12.8 Å². The molecule has 5 nitrogen and oxygen atoms in total. The number of piperidine rings is 1. The predicted molar refractivity (Wildman–Crippen MR) is 99.5 cm³/mol. The van der Waals surface area contributed by atoms with Crippen molar-refractivity contribution in [2.75, 3.05) is 19.6 Å². The number of carbonyl (C=O) groups excluding carboxylic acids is 1. The van der Waals surface area contributed by atoms with Crippen LogP contribution in [0.5, 0.6) is 0 Å². The molecule has 1 aliphatic rings. The van der Waals surface area contributed by atoms with Crippen LogP contribution in [0.25, 0.3) is 22.0 Å². The number of nitrogens with one attached hydrogen (secondary N) is 3. The highest BCUT2D eigenvalue weighted by Crippen LogP contribution is 2.25. The fourth-order valence-corrected chi connectivity index (χ4v) is 3.46. The number of aromatic amines is 1. The second-order valence-corrected chi connectivity index (χ2v) is 6.60. The van der Waals surface area contributed by atoms with Gasteiger partial charge in [0.25, 0.3) is 5.91 Å². The lowest BCUT2D eigenvalue weighted by molar-refractivity contribution is 0.0946. The van der Waals surface area contributed by atoms with E-state index in [9.17, 15) is 4.79 Å². The van der Waals surface area contributed by atoms with Crippen LogP contribution in [-0.2, 0) is 0 Å². The SMILES string of the molecule is O=C(NCC1CCNCC1)c1c[nH]c2cc(-c3ccncc3)ccc12. The molecule has 128 valence electrons. The Kier molecular flexibility index (Phi) is 4.48. The summed E-state index contributed by atoms with van der Waals surface area (Å²) in [6.45, 7) is 2.85. The quantitative estimate of drug-likeness (QED) is 0.687. The molecule has 0 spiro atoms. The van der Waals surface area contributed by atoms with E-state index in [2.05, 4.69) is 32.7 Å². The molecule has 3 N–H and O–H groups in total. The molecule has 1 amide bonds. The molecule has 25 heavy (non-hydrogen) atoms. The molecule has 2 aromatic heterocycles. The molecular weight excluding hydrogens is 312 g/mol. The molecule has 1 aliphatic heterocycles. The van der Waals surface area contributed by atoms with E-state index in [-0.39, 0.29) is 5.91 Å². The first-order valence-corrected chi connectivity index (χ1v) is 8.82. The van der Waals surface area contributed by atoms with Gasteiger partial charge in [-0.2, -0.15) is 0 Å². The Balaban J connectivity index is 1.51. The number of rotatable bonds is 4. The molecule has 1 aromatic carbocycles. The minimum Gasteiger partial charge on any atom is -0.360 e. The van der Waals surface area contributed by atoms with Gasteiger partial charge in [0.15, 0.2) is 0 Å². The van der Waals surface area contributed by atoms with E-state index in [0.29, 0.717) is 11.5 Å². The Morgan fingerprint density at radius 3 is 2.72 bits per heavy atom. The Bertz CT molecular complexity index is 866. The molecule has 0 aliphatic carbocycles. The lowest BCUT2D eigenvalue weighted by atomic mass is 9.98. The van der Waals surface area contributed by atoms with Gasteiger partial charge in [-0.3, -0.25) is 9.78 Å². The van der Waals surface area contributed by atoms with E-state index >= 15 is 0 Å². The summed E-state index contributed by atoms with van der Waals surface area (Å²) in [5.74, 6) is 0.579. The zero-order chi connectivity index (χ0) is 17.1. The van der Waals surface area contributed by atoms with Crippen LogP contribution in [0, 0.1) is 5.92 Å². The summed E-state index contributed by atoms with van der Waals surface area (Å²) in [7, 11) is 0. The lowest BCUT2D eigenvalue weighted by Gasteiger charge is -2.22. The molecule has 0 atom stereocenters. The van der Waals surface area contributed by atoms with Crippen LogP contribution in [0.15, 0.2) is 48.9 Å². The molecule has 3 heterocycles. The summed E-state index contributed by atoms with van der Waals surface area (Å²) in [6, 6.07) is 10.1. The zero-order valence-electron chi connectivity index (χ0n) is 14.1. The van der Waals surface area contributed by atoms with Gasteiger partial charge in [0.1, 0.15) is 0 Å². The number of aromatic nitrogens is 2. The number of benzene rings is 1. The number of amides is 1. The summed E-state index contributed by atoms with van der Waals surface area (Å²) in [5.41, 5.74) is 3.91. The second-order valence-electron chi connectivity index (χ2n) is 6.60. The normalized spacial score (nSPS) is 15.4. The number of hydrogen-bond acceptors (Lipinski definition) is 3. The van der Waals surface area contributed by atoms with Gasteiger partial charge in [0.2, 0.25) is 0 Å². The van der Waals surface area contributed by atoms with Gasteiger partial charge in [-0.15, -0.1) is 0 Å². The third kappa shape index (κ3) is 3.42. The molecule has 0 bridgehead atoms. The van der Waals surface area contributed by atoms with Crippen molar-refractivity contribution in [1.29, 1.82) is 0 Å². The number of hydrogen-bond donors (Lipinski definition) is 3. The molecule has 5 heteroatoms. The molecule has 0 unspecified atom stereocenters. The van der Waals surface area contributed by atoms with Crippen LogP contribution in [-0.4, -0.2) is 35.5 Å². The van der Waals surface area contributed by atoms with Gasteiger partial charge >= 0.3 is 0 Å². The van der Waals surface area contributed by atoms with Gasteiger partial charge in [0, 0.05) is 36.0 Å². The predicted octanol–water partition coefficient (Wildman–Crippen LogP) is 2.96. The van der Waals surface area contributed by atoms with E-state index in [1.807, 2.05) is 18.2 Å². The van der Waals surface area contributed by atoms with Crippen LogP contribution in [0.4, 0.5) is 0 Å². The summed E-state index contributed by atoms with van der Waals surface area (Å²) in [4.78, 5) is 19.8. The fourth-order valence-electron chi connectivity index (χ4n) is 3.46. The van der Waals surface area contributed by atoms with Gasteiger partial charge in [-0.25, -0.2) is 0 Å². The Morgan fingerprint density at radius 1 is 1.12 bits per heavy atom. The van der Waals surface area contributed by atoms with E-state index in [4.69, 9.17) is 0 Å². The Hall–Kier alpha value is -2.66. The van der Waals surface area contributed by atoms with Crippen LogP contribution in [0.3, 0.4) is 0 Å². The highest BCUT2D eigenvalue weighted by molar-refractivity contribution is 6.07. The second kappa shape index (κ2) is 7.07. The average Bonchev–Trinajstić information content (AvgIpc) is 3.11. The van der Waals surface area contributed by atoms with Crippen molar-refractivity contribution in [1.82, 2.24) is 20.6 Å². The third-order valence-electron chi connectivity index (χ3n) is 4.95. The maximum absolute atomic E-state index is 12.6. The van der Waals surface area contributed by atoms with Crippen molar-refractivity contribution in [3.63, 3.8) is 0 Å². The first kappa shape index (κ1) is 15.8. The largest absolute Gasteiger partial charge is 0.360 e. The van der Waals surface area contributed by atoms with Crippen LogP contribution < -0.4 is 10.6 Å². The van der Waals surface area contributed by atoms with E-state index in [0.717, 1.165) is 54.5 Å². The van der Waals surface area contributed by atoms with E-state index in [1.165, 1.54) is 0 Å². The first-order chi connectivity index (χ1) is 12.3. The van der Waals surface area contributed by atoms with E-state index in [1.54, 1.807) is 18.6 Å². The fraction of sp³-hybridized carbons (Fsp3) is 0.300. The summed E-state index contributed by atoms with van der Waals surface area (Å²) >= 11 is 0. The maximum atomic E-state index is 12.6. The minimum atomic E-state index is 0.00134. The molecule has 4 rings (SSSR count). The van der Waals surface area contributed by atoms with Crippen molar-refractivity contribution >= 4 is 16.8 Å². The Labute approximate surface area is 146 Å². The molecule has 0 saturated carbocycles. The zero-order valence-corrected chi connectivity index (χ0v) is 14.1. The first-order valence-electron chi connectivity index (χ1n) is 8.82. The van der Waals surface area contributed by atoms with Crippen molar-refractivity contribution < 1.29 is 4.79 Å². The van der Waals surface area contributed by atoms with Gasteiger partial charge in [0.05, 0.1) is 5.56 Å². The van der Waals surface area contributed by atoms with Crippen molar-refractivity contribution in [2.24, 2.45) is 5.92 Å². The van der Waals surface area contributed by atoms with Gasteiger partial charge in [-0.1, -0.05) is 12.1 Å². The number of nitrogens with zero attached hydrogens (tertiary/aromatic N) is 1. The molecule has 1 fully saturated rings. The van der Waals surface area contributed by atoms with Crippen LogP contribution >= 0.6 is 0 Å². The number of carbonyl (C=O) groups is 1. The van der Waals surface area contributed by atoms with Crippen LogP contribution in [0.1, 0.15) is 23.2 Å². The smallest absolute Gasteiger partial charge is 0.253 e. The summed E-state index contributed by atoms with van der Waals surface area (Å²) in [5, 5.41) is 7.41. The molecular formula is C20H22N4O. The average molecular weight is 334 g/mol. The minimum absolute atomic E-state index is 0.00134. The third-order valence-corrected chi connectivity index (χ3v) is 4.95. The number of fused-ring (bicyclic) bond motifs is 1. The highest BCUT2D eigenvalue weighted by Gasteiger charge is 2.16. The highest BCUT2D eigenvalue weighted by atomic mass is 16.1. The van der Waals surface area contributed by atoms with Crippen molar-refractivity contribution in [3.05, 3.63) is 54.5 Å². The summed E-state index contributed by atoms with van der Waals surface area (Å²) < 4.78 is 0. The van der Waals surface area contributed by atoms with E-state index < -0.39 is 0 Å². The van der Waals surface area contributed by atoms with Gasteiger partial charge in [-0.05, 0) is 61.2 Å². The maximum Gasteiger partial charge on any atom is 0.253 e. The standard InChI is InChI=1S/C20H22N4O/c25-20(24-12-14-3-7-21-8-4-14)18-13-23-19-11-16(1-2-17(18)19)15-5-9-22-10-6-15/h1-2,5-6,9-11,13-14,21,23H,3-4,7-8,12H2,(H,24,25). The number of H-pyrrole nitrogens is 1. The topological polar surface area (TPSA) is 69.8 Å². The molecule has 0 radical (unpaired) electrons. The van der Waals surface area contributed by atoms with Crippen molar-refractivity contribution in [3.8, 4) is 11.1 Å². The number of pyridine rings is 1. The summed E-state index contributed by atoms with van der Waals surface area (Å²) in [6.07, 6.45) is 7.63. The van der Waals surface area contributed by atoms with Crippen LogP contribution in [0.2, 0.25) is 0 Å². The van der Waals surface area contributed by atoms with Gasteiger partial charge < -0.3 is 15.6 Å². The lowest BCUT2D eigenvalue weighted by Crippen LogP contribution is -2.35.